The third-order valence-corrected chi connectivity index (χ3v) is 5.05. The molecule has 27 heavy (non-hydrogen) atoms. The van der Waals surface area contributed by atoms with Crippen LogP contribution in [0.1, 0.15) is 25.5 Å². The Labute approximate surface area is 155 Å². The predicted octanol–water partition coefficient (Wildman–Crippen LogP) is 1.49. The summed E-state index contributed by atoms with van der Waals surface area (Å²) in [7, 11) is 0. The van der Waals surface area contributed by atoms with Gasteiger partial charge in [-0.1, -0.05) is 18.2 Å². The first kappa shape index (κ1) is 17.5. The molecule has 0 spiro atoms. The molecule has 1 aromatic heterocycles. The number of carbonyl (C=O) groups is 3. The van der Waals surface area contributed by atoms with Crippen LogP contribution < -0.4 is 10.6 Å². The van der Waals surface area contributed by atoms with Crippen LogP contribution >= 0.6 is 0 Å². The number of urea groups is 1. The van der Waals surface area contributed by atoms with Crippen molar-refractivity contribution in [2.45, 2.75) is 31.4 Å². The quantitative estimate of drug-likeness (QED) is 0.776. The van der Waals surface area contributed by atoms with Gasteiger partial charge >= 0.3 is 6.03 Å². The Balaban J connectivity index is 1.46. The lowest BCUT2D eigenvalue weighted by Crippen LogP contribution is -2.44. The Morgan fingerprint density at radius 3 is 2.93 bits per heavy atom. The molecular formula is C19H21N3O5. The third kappa shape index (κ3) is 3.16. The highest BCUT2D eigenvalue weighted by atomic mass is 16.5. The van der Waals surface area contributed by atoms with Crippen LogP contribution in [0.5, 0.6) is 0 Å². The number of amides is 4. The van der Waals surface area contributed by atoms with E-state index in [4.69, 9.17) is 9.15 Å². The topological polar surface area (TPSA) is 101 Å². The number of ether oxygens (including phenoxy) is 1. The molecule has 142 valence electrons. The van der Waals surface area contributed by atoms with Crippen molar-refractivity contribution in [3.8, 4) is 0 Å². The maximum absolute atomic E-state index is 12.9. The zero-order valence-corrected chi connectivity index (χ0v) is 15.0. The van der Waals surface area contributed by atoms with Crippen molar-refractivity contribution in [1.29, 1.82) is 0 Å². The lowest BCUT2D eigenvalue weighted by atomic mass is 9.99. The molecule has 2 aromatic rings. The van der Waals surface area contributed by atoms with Crippen LogP contribution in [0.25, 0.3) is 11.0 Å². The molecule has 4 amide bonds. The van der Waals surface area contributed by atoms with Gasteiger partial charge in [-0.3, -0.25) is 14.5 Å². The second-order valence-electron chi connectivity index (χ2n) is 7.03. The number of para-hydroxylation sites is 1. The minimum absolute atomic E-state index is 0.00197. The van der Waals surface area contributed by atoms with Crippen LogP contribution in [0.3, 0.4) is 0 Å². The summed E-state index contributed by atoms with van der Waals surface area (Å²) in [4.78, 5) is 38.3. The zero-order valence-electron chi connectivity index (χ0n) is 15.0. The Morgan fingerprint density at radius 2 is 2.19 bits per heavy atom. The summed E-state index contributed by atoms with van der Waals surface area (Å²) in [5, 5.41) is 6.21. The molecule has 2 atom stereocenters. The van der Waals surface area contributed by atoms with Gasteiger partial charge in [0, 0.05) is 18.5 Å². The summed E-state index contributed by atoms with van der Waals surface area (Å²) in [6, 6.07) is 8.47. The summed E-state index contributed by atoms with van der Waals surface area (Å²) < 4.78 is 11.2. The second-order valence-corrected chi connectivity index (χ2v) is 7.03. The Hall–Kier alpha value is -2.87. The zero-order chi connectivity index (χ0) is 19.0. The maximum Gasteiger partial charge on any atom is 0.325 e. The van der Waals surface area contributed by atoms with Gasteiger partial charge in [0.25, 0.3) is 5.91 Å². The monoisotopic (exact) mass is 371 g/mol. The smallest absolute Gasteiger partial charge is 0.325 e. The predicted molar refractivity (Wildman–Crippen MR) is 95.8 cm³/mol. The van der Waals surface area contributed by atoms with E-state index < -0.39 is 23.4 Å². The highest BCUT2D eigenvalue weighted by Gasteiger charge is 2.51. The Morgan fingerprint density at radius 1 is 1.37 bits per heavy atom. The van der Waals surface area contributed by atoms with Crippen molar-refractivity contribution in [3.05, 3.63) is 36.1 Å². The van der Waals surface area contributed by atoms with Gasteiger partial charge < -0.3 is 19.8 Å². The van der Waals surface area contributed by atoms with Gasteiger partial charge in [0.1, 0.15) is 17.9 Å². The van der Waals surface area contributed by atoms with Gasteiger partial charge in [-0.25, -0.2) is 4.79 Å². The second kappa shape index (κ2) is 6.70. The highest BCUT2D eigenvalue weighted by Crippen LogP contribution is 2.32. The van der Waals surface area contributed by atoms with Crippen molar-refractivity contribution in [2.75, 3.05) is 19.7 Å². The first-order valence-corrected chi connectivity index (χ1v) is 8.99. The molecule has 2 aliphatic heterocycles. The number of hydrogen-bond donors (Lipinski definition) is 2. The first-order valence-electron chi connectivity index (χ1n) is 8.99. The van der Waals surface area contributed by atoms with Gasteiger partial charge in [-0.2, -0.15) is 0 Å². The fourth-order valence-electron chi connectivity index (χ4n) is 3.47. The summed E-state index contributed by atoms with van der Waals surface area (Å²) >= 11 is 0. The van der Waals surface area contributed by atoms with E-state index in [2.05, 4.69) is 10.6 Å². The minimum atomic E-state index is -1.34. The van der Waals surface area contributed by atoms with Gasteiger partial charge in [0.2, 0.25) is 5.91 Å². The molecule has 2 N–H and O–H groups in total. The number of imide groups is 1. The molecule has 0 radical (unpaired) electrons. The fraction of sp³-hybridized carbons (Fsp3) is 0.421. The SMILES string of the molecule is C[C@]1(c2cc3ccccc3o2)NC(=O)N(CC(=O)NC[C@@H]2CCCO2)C1=O. The van der Waals surface area contributed by atoms with E-state index in [1.54, 1.807) is 19.1 Å². The molecule has 2 aliphatic rings. The van der Waals surface area contributed by atoms with Crippen molar-refractivity contribution < 1.29 is 23.5 Å². The van der Waals surface area contributed by atoms with Gasteiger partial charge in [0.05, 0.1) is 6.10 Å². The molecule has 3 heterocycles. The molecule has 0 unspecified atom stereocenters. The number of furan rings is 1. The van der Waals surface area contributed by atoms with E-state index in [9.17, 15) is 14.4 Å². The summed E-state index contributed by atoms with van der Waals surface area (Å²) in [5.41, 5.74) is -0.714. The number of nitrogens with zero attached hydrogens (tertiary/aromatic N) is 1. The lowest BCUT2D eigenvalue weighted by molar-refractivity contribution is -0.135. The normalized spacial score (nSPS) is 25.2. The average Bonchev–Trinajstić information content (AvgIpc) is 3.36. The van der Waals surface area contributed by atoms with E-state index in [1.807, 2.05) is 18.2 Å². The number of fused-ring (bicyclic) bond motifs is 1. The van der Waals surface area contributed by atoms with E-state index in [0.29, 0.717) is 24.5 Å². The van der Waals surface area contributed by atoms with Crippen molar-refractivity contribution in [1.82, 2.24) is 15.5 Å². The number of nitrogens with one attached hydrogen (secondary N) is 2. The van der Waals surface area contributed by atoms with Crippen molar-refractivity contribution in [3.63, 3.8) is 0 Å². The molecular weight excluding hydrogens is 350 g/mol. The molecule has 0 bridgehead atoms. The number of benzene rings is 1. The molecule has 4 rings (SSSR count). The number of hydrogen-bond acceptors (Lipinski definition) is 5. The van der Waals surface area contributed by atoms with Gasteiger partial charge in [-0.05, 0) is 31.9 Å². The summed E-state index contributed by atoms with van der Waals surface area (Å²) in [6.07, 6.45) is 1.87. The Kier molecular flexibility index (Phi) is 4.35. The van der Waals surface area contributed by atoms with Gasteiger partial charge in [-0.15, -0.1) is 0 Å². The van der Waals surface area contributed by atoms with Crippen LogP contribution in [-0.4, -0.2) is 48.5 Å². The van der Waals surface area contributed by atoms with Crippen molar-refractivity contribution in [2.24, 2.45) is 0 Å². The van der Waals surface area contributed by atoms with E-state index in [1.165, 1.54) is 0 Å². The van der Waals surface area contributed by atoms with E-state index >= 15 is 0 Å². The highest BCUT2D eigenvalue weighted by molar-refractivity contribution is 6.09. The molecule has 8 heteroatoms. The summed E-state index contributed by atoms with van der Waals surface area (Å²) in [5.74, 6) is -0.578. The molecule has 0 aliphatic carbocycles. The first-order chi connectivity index (χ1) is 13.0. The molecule has 8 nitrogen and oxygen atoms in total. The fourth-order valence-corrected chi connectivity index (χ4v) is 3.47. The van der Waals surface area contributed by atoms with E-state index in [-0.39, 0.29) is 12.6 Å². The maximum atomic E-state index is 12.9. The van der Waals surface area contributed by atoms with Crippen molar-refractivity contribution >= 4 is 28.8 Å². The Bertz CT molecular complexity index is 869. The van der Waals surface area contributed by atoms with Crippen LogP contribution in [0.15, 0.2) is 34.7 Å². The summed E-state index contributed by atoms with van der Waals surface area (Å²) in [6.45, 7) is 2.31. The molecule has 0 saturated carbocycles. The molecule has 2 saturated heterocycles. The molecule has 2 fully saturated rings. The third-order valence-electron chi connectivity index (χ3n) is 5.05. The molecule has 1 aromatic carbocycles. The van der Waals surface area contributed by atoms with Crippen LogP contribution in [0.2, 0.25) is 0 Å². The minimum Gasteiger partial charge on any atom is -0.458 e. The lowest BCUT2D eigenvalue weighted by Gasteiger charge is -2.19. The van der Waals surface area contributed by atoms with Crippen LogP contribution in [-0.2, 0) is 19.9 Å². The largest absolute Gasteiger partial charge is 0.458 e. The average molecular weight is 371 g/mol. The number of carbonyl (C=O) groups excluding carboxylic acids is 3. The van der Waals surface area contributed by atoms with Crippen LogP contribution in [0, 0.1) is 0 Å². The van der Waals surface area contributed by atoms with Crippen LogP contribution in [0.4, 0.5) is 4.79 Å². The number of rotatable bonds is 5. The van der Waals surface area contributed by atoms with Gasteiger partial charge in [0.15, 0.2) is 5.54 Å². The standard InChI is InChI=1S/C19H21N3O5/c1-19(15-9-12-5-2-3-7-14(12)27-15)17(24)22(18(25)21-19)11-16(23)20-10-13-6-4-8-26-13/h2-3,5,7,9,13H,4,6,8,10-11H2,1H3,(H,20,23)(H,21,25)/t13-,19+/m0/s1. The van der Waals surface area contributed by atoms with E-state index in [0.717, 1.165) is 23.1 Å².